The maximum absolute atomic E-state index is 13.2. The van der Waals surface area contributed by atoms with Crippen LogP contribution < -0.4 is 14.2 Å². The number of carbonyl (C=O) groups is 2. The number of methoxy groups -OCH3 is 1. The molecule has 3 aromatic rings. The lowest BCUT2D eigenvalue weighted by Crippen LogP contribution is -2.31. The summed E-state index contributed by atoms with van der Waals surface area (Å²) in [4.78, 5) is 28.0. The van der Waals surface area contributed by atoms with Gasteiger partial charge >= 0.3 is 0 Å². The number of Topliss-reactive ketones (excluding diaryl/α,β-unsaturated/α-hetero) is 1. The molecule has 3 aromatic carbocycles. The Labute approximate surface area is 203 Å². The van der Waals surface area contributed by atoms with Crippen LogP contribution in [0.5, 0.6) is 17.2 Å². The number of ether oxygens (including phenoxy) is 3. The molecule has 35 heavy (non-hydrogen) atoms. The van der Waals surface area contributed by atoms with E-state index in [4.69, 9.17) is 14.2 Å². The van der Waals surface area contributed by atoms with Gasteiger partial charge < -0.3 is 24.2 Å². The smallest absolute Gasteiger partial charge is 0.295 e. The number of aliphatic hydroxyl groups is 1. The molecule has 0 aromatic heterocycles. The lowest BCUT2D eigenvalue weighted by molar-refractivity contribution is -0.139. The van der Waals surface area contributed by atoms with E-state index in [1.54, 1.807) is 37.4 Å². The number of rotatable bonds is 6. The normalized spacial score (nSPS) is 18.5. The minimum Gasteiger partial charge on any atom is -0.507 e. The van der Waals surface area contributed by atoms with E-state index in [0.717, 1.165) is 5.56 Å². The van der Waals surface area contributed by atoms with Crippen molar-refractivity contribution in [1.29, 1.82) is 0 Å². The van der Waals surface area contributed by atoms with Gasteiger partial charge in [-0.25, -0.2) is 0 Å². The first kappa shape index (κ1) is 22.5. The van der Waals surface area contributed by atoms with Crippen molar-refractivity contribution >= 4 is 17.4 Å². The van der Waals surface area contributed by atoms with Crippen LogP contribution in [0.25, 0.3) is 5.76 Å². The van der Waals surface area contributed by atoms with Gasteiger partial charge in [-0.1, -0.05) is 42.5 Å². The molecule has 1 fully saturated rings. The van der Waals surface area contributed by atoms with Crippen LogP contribution in [0.4, 0.5) is 0 Å². The Hall–Kier alpha value is -4.26. The number of aliphatic hydroxyl groups excluding tert-OH is 1. The average molecular weight is 472 g/mol. The molecule has 7 heteroatoms. The number of fused-ring (bicyclic) bond motifs is 1. The average Bonchev–Trinajstić information content (AvgIpc) is 3.16. The number of benzene rings is 3. The van der Waals surface area contributed by atoms with Crippen molar-refractivity contribution in [3.8, 4) is 17.2 Å². The molecule has 2 aliphatic heterocycles. The molecule has 0 aliphatic carbocycles. The van der Waals surface area contributed by atoms with E-state index in [1.165, 1.54) is 4.90 Å². The van der Waals surface area contributed by atoms with Crippen molar-refractivity contribution in [2.45, 2.75) is 12.5 Å². The first-order valence-corrected chi connectivity index (χ1v) is 11.4. The molecular formula is C28H25NO6. The third-order valence-electron chi connectivity index (χ3n) is 6.27. The van der Waals surface area contributed by atoms with Crippen molar-refractivity contribution in [3.63, 3.8) is 0 Å². The molecule has 0 saturated carbocycles. The first-order valence-electron chi connectivity index (χ1n) is 11.4. The van der Waals surface area contributed by atoms with E-state index in [2.05, 4.69) is 0 Å². The van der Waals surface area contributed by atoms with Gasteiger partial charge in [0, 0.05) is 12.1 Å². The summed E-state index contributed by atoms with van der Waals surface area (Å²) in [6.07, 6.45) is 0.574. The molecule has 0 radical (unpaired) electrons. The Morgan fingerprint density at radius 3 is 2.40 bits per heavy atom. The molecule has 7 nitrogen and oxygen atoms in total. The highest BCUT2D eigenvalue weighted by Crippen LogP contribution is 2.41. The summed E-state index contributed by atoms with van der Waals surface area (Å²) in [5.41, 5.74) is 2.19. The summed E-state index contributed by atoms with van der Waals surface area (Å²) in [5, 5.41) is 11.3. The molecule has 1 atom stereocenters. The van der Waals surface area contributed by atoms with Crippen LogP contribution >= 0.6 is 0 Å². The number of amides is 1. The molecule has 2 aliphatic rings. The predicted octanol–water partition coefficient (Wildman–Crippen LogP) is 4.13. The third-order valence-corrected chi connectivity index (χ3v) is 6.27. The molecule has 2 heterocycles. The maximum atomic E-state index is 13.2. The number of likely N-dealkylation sites (tertiary alicyclic amines) is 1. The Morgan fingerprint density at radius 2 is 1.69 bits per heavy atom. The number of hydrogen-bond donors (Lipinski definition) is 1. The number of nitrogens with zero attached hydrogens (tertiary/aromatic N) is 1. The number of ketones is 1. The summed E-state index contributed by atoms with van der Waals surface area (Å²) in [5.74, 6) is 0.111. The van der Waals surface area contributed by atoms with Crippen molar-refractivity contribution in [2.75, 3.05) is 26.9 Å². The summed E-state index contributed by atoms with van der Waals surface area (Å²) in [6.45, 7) is 1.17. The quantitative estimate of drug-likeness (QED) is 0.331. The minimum absolute atomic E-state index is 0.0462. The van der Waals surface area contributed by atoms with Crippen molar-refractivity contribution in [1.82, 2.24) is 4.90 Å². The van der Waals surface area contributed by atoms with Gasteiger partial charge in [0.15, 0.2) is 11.5 Å². The topological polar surface area (TPSA) is 85.3 Å². The van der Waals surface area contributed by atoms with E-state index in [1.807, 2.05) is 42.5 Å². The second-order valence-electron chi connectivity index (χ2n) is 8.36. The van der Waals surface area contributed by atoms with Crippen molar-refractivity contribution in [3.05, 3.63) is 95.1 Å². The Bertz CT molecular complexity index is 1280. The molecule has 0 spiro atoms. The van der Waals surface area contributed by atoms with Crippen LogP contribution in [0.1, 0.15) is 22.7 Å². The first-order chi connectivity index (χ1) is 17.1. The fraction of sp³-hybridized carbons (Fsp3) is 0.214. The van der Waals surface area contributed by atoms with Crippen LogP contribution in [0.2, 0.25) is 0 Å². The van der Waals surface area contributed by atoms with E-state index >= 15 is 0 Å². The number of hydrogen-bond acceptors (Lipinski definition) is 6. The van der Waals surface area contributed by atoms with Gasteiger partial charge in [0.2, 0.25) is 0 Å². The molecule has 1 N–H and O–H groups in total. The highest BCUT2D eigenvalue weighted by Gasteiger charge is 2.45. The second kappa shape index (κ2) is 9.54. The largest absolute Gasteiger partial charge is 0.507 e. The van der Waals surface area contributed by atoms with E-state index < -0.39 is 17.7 Å². The zero-order valence-electron chi connectivity index (χ0n) is 19.3. The summed E-state index contributed by atoms with van der Waals surface area (Å²) in [7, 11) is 1.57. The lowest BCUT2D eigenvalue weighted by Gasteiger charge is -2.25. The van der Waals surface area contributed by atoms with E-state index in [0.29, 0.717) is 54.6 Å². The molecular weight excluding hydrogens is 446 g/mol. The monoisotopic (exact) mass is 471 g/mol. The maximum Gasteiger partial charge on any atom is 0.295 e. The SMILES string of the molecule is COc1ccc([C@@H]2C(=C(O)c3ccc4c(c3)OCCO4)C(=O)C(=O)N2CCc2ccccc2)cc1. The molecule has 1 amide bonds. The Balaban J connectivity index is 1.57. The Kier molecular flexibility index (Phi) is 6.14. The highest BCUT2D eigenvalue weighted by molar-refractivity contribution is 6.46. The molecule has 1 saturated heterocycles. The predicted molar refractivity (Wildman–Crippen MR) is 130 cm³/mol. The fourth-order valence-corrected chi connectivity index (χ4v) is 4.48. The zero-order chi connectivity index (χ0) is 24.4. The highest BCUT2D eigenvalue weighted by atomic mass is 16.6. The number of carbonyl (C=O) groups excluding carboxylic acids is 2. The van der Waals surface area contributed by atoms with Crippen molar-refractivity contribution < 1.29 is 28.9 Å². The van der Waals surface area contributed by atoms with Crippen LogP contribution in [-0.4, -0.2) is 48.6 Å². The van der Waals surface area contributed by atoms with E-state index in [9.17, 15) is 14.7 Å². The van der Waals surface area contributed by atoms with Gasteiger partial charge in [0.1, 0.15) is 24.7 Å². The standard InChI is InChI=1S/C28H25NO6/c1-33-21-10-7-19(8-11-21)25-24(26(30)20-9-12-22-23(17-20)35-16-15-34-22)27(31)28(32)29(25)14-13-18-5-3-2-4-6-18/h2-12,17,25,30H,13-16H2,1H3/t25-/m1/s1. The molecule has 0 unspecified atom stereocenters. The van der Waals surface area contributed by atoms with Gasteiger partial charge in [-0.15, -0.1) is 0 Å². The van der Waals surface area contributed by atoms with Crippen molar-refractivity contribution in [2.24, 2.45) is 0 Å². The van der Waals surface area contributed by atoms with Gasteiger partial charge in [-0.2, -0.15) is 0 Å². The van der Waals surface area contributed by atoms with Gasteiger partial charge in [-0.3, -0.25) is 9.59 Å². The Morgan fingerprint density at radius 1 is 0.971 bits per heavy atom. The summed E-state index contributed by atoms with van der Waals surface area (Å²) < 4.78 is 16.5. The second-order valence-corrected chi connectivity index (χ2v) is 8.36. The van der Waals surface area contributed by atoms with Gasteiger partial charge in [-0.05, 0) is 47.9 Å². The molecule has 178 valence electrons. The summed E-state index contributed by atoms with van der Waals surface area (Å²) in [6, 6.07) is 21.2. The molecule has 5 rings (SSSR count). The minimum atomic E-state index is -0.738. The van der Waals surface area contributed by atoms with Gasteiger partial charge in [0.25, 0.3) is 11.7 Å². The van der Waals surface area contributed by atoms with Crippen LogP contribution in [-0.2, 0) is 16.0 Å². The van der Waals surface area contributed by atoms with Crippen LogP contribution in [0, 0.1) is 0 Å². The van der Waals surface area contributed by atoms with Crippen LogP contribution in [0.15, 0.2) is 78.4 Å². The summed E-state index contributed by atoms with van der Waals surface area (Å²) >= 11 is 0. The zero-order valence-corrected chi connectivity index (χ0v) is 19.3. The third kappa shape index (κ3) is 4.33. The van der Waals surface area contributed by atoms with E-state index in [-0.39, 0.29) is 11.3 Å². The molecule has 0 bridgehead atoms. The fourth-order valence-electron chi connectivity index (χ4n) is 4.48. The van der Waals surface area contributed by atoms with Gasteiger partial charge in [0.05, 0.1) is 18.7 Å². The lowest BCUT2D eigenvalue weighted by atomic mass is 9.95. The van der Waals surface area contributed by atoms with Crippen LogP contribution in [0.3, 0.4) is 0 Å².